The fraction of sp³-hybridized carbons (Fsp3) is 0.333. The SMILES string of the molecule is CP(C)(=S)NCC(=O)OCC(=O)c1ccccc1. The Morgan fingerprint density at radius 2 is 1.89 bits per heavy atom. The van der Waals surface area contributed by atoms with Gasteiger partial charge < -0.3 is 4.74 Å². The molecule has 0 fully saturated rings. The third kappa shape index (κ3) is 6.05. The molecule has 0 heterocycles. The zero-order chi connectivity index (χ0) is 13.6. The van der Waals surface area contributed by atoms with Crippen LogP contribution in [0, 0.1) is 0 Å². The first-order valence-electron chi connectivity index (χ1n) is 5.42. The molecule has 0 bridgehead atoms. The van der Waals surface area contributed by atoms with Gasteiger partial charge in [0.05, 0.1) is 6.54 Å². The number of hydrogen-bond donors (Lipinski definition) is 1. The van der Waals surface area contributed by atoms with Gasteiger partial charge in [0.1, 0.15) is 0 Å². The maximum Gasteiger partial charge on any atom is 0.320 e. The Labute approximate surface area is 112 Å². The van der Waals surface area contributed by atoms with Crippen molar-refractivity contribution in [1.29, 1.82) is 0 Å². The molecule has 0 amide bonds. The summed E-state index contributed by atoms with van der Waals surface area (Å²) in [5.41, 5.74) is 0.536. The molecule has 0 radical (unpaired) electrons. The maximum atomic E-state index is 11.6. The first-order chi connectivity index (χ1) is 8.38. The molecule has 1 rings (SSSR count). The van der Waals surface area contributed by atoms with Crippen molar-refractivity contribution in [2.75, 3.05) is 26.5 Å². The van der Waals surface area contributed by atoms with Crippen molar-refractivity contribution in [2.24, 2.45) is 0 Å². The highest BCUT2D eigenvalue weighted by Gasteiger charge is 2.10. The number of nitrogens with one attached hydrogen (secondary N) is 1. The number of ether oxygens (including phenoxy) is 1. The fourth-order valence-corrected chi connectivity index (χ4v) is 1.86. The van der Waals surface area contributed by atoms with Crippen molar-refractivity contribution in [3.05, 3.63) is 35.9 Å². The second-order valence-electron chi connectivity index (χ2n) is 4.14. The zero-order valence-electron chi connectivity index (χ0n) is 10.4. The molecule has 98 valence electrons. The molecule has 18 heavy (non-hydrogen) atoms. The fourth-order valence-electron chi connectivity index (χ4n) is 1.16. The van der Waals surface area contributed by atoms with Crippen LogP contribution in [0.3, 0.4) is 0 Å². The smallest absolute Gasteiger partial charge is 0.320 e. The van der Waals surface area contributed by atoms with Crippen LogP contribution in [0.1, 0.15) is 10.4 Å². The van der Waals surface area contributed by atoms with Crippen LogP contribution < -0.4 is 5.09 Å². The van der Waals surface area contributed by atoms with Crippen LogP contribution in [-0.4, -0.2) is 38.2 Å². The van der Waals surface area contributed by atoms with Crippen molar-refractivity contribution in [2.45, 2.75) is 0 Å². The van der Waals surface area contributed by atoms with E-state index in [2.05, 4.69) is 5.09 Å². The predicted octanol–water partition coefficient (Wildman–Crippen LogP) is 1.66. The molecule has 0 aliphatic carbocycles. The number of esters is 1. The van der Waals surface area contributed by atoms with Gasteiger partial charge in [-0.1, -0.05) is 42.1 Å². The zero-order valence-corrected chi connectivity index (χ0v) is 12.1. The molecule has 0 saturated carbocycles. The van der Waals surface area contributed by atoms with Crippen LogP contribution in [0.4, 0.5) is 0 Å². The summed E-state index contributed by atoms with van der Waals surface area (Å²) in [5, 5.41) is 2.93. The van der Waals surface area contributed by atoms with Gasteiger partial charge in [0.2, 0.25) is 0 Å². The van der Waals surface area contributed by atoms with Gasteiger partial charge in [-0.05, 0) is 13.3 Å². The van der Waals surface area contributed by atoms with E-state index in [9.17, 15) is 9.59 Å². The molecule has 6 heteroatoms. The minimum atomic E-state index is -1.63. The van der Waals surface area contributed by atoms with Gasteiger partial charge >= 0.3 is 5.97 Å². The van der Waals surface area contributed by atoms with E-state index < -0.39 is 12.2 Å². The van der Waals surface area contributed by atoms with E-state index in [0.717, 1.165) is 0 Å². The quantitative estimate of drug-likeness (QED) is 0.489. The van der Waals surface area contributed by atoms with Gasteiger partial charge in [0, 0.05) is 11.8 Å². The van der Waals surface area contributed by atoms with Crippen LogP contribution in [0.2, 0.25) is 0 Å². The molecular weight excluding hydrogens is 269 g/mol. The summed E-state index contributed by atoms with van der Waals surface area (Å²) < 4.78 is 4.87. The number of ketones is 1. The largest absolute Gasteiger partial charge is 0.456 e. The number of carbonyl (C=O) groups is 2. The average molecular weight is 285 g/mol. The molecule has 0 unspecified atom stereocenters. The van der Waals surface area contributed by atoms with Gasteiger partial charge in [-0.3, -0.25) is 14.7 Å². The van der Waals surface area contributed by atoms with Crippen molar-refractivity contribution in [1.82, 2.24) is 5.09 Å². The number of benzene rings is 1. The van der Waals surface area contributed by atoms with Crippen LogP contribution in [0.25, 0.3) is 0 Å². The Balaban J connectivity index is 2.35. The van der Waals surface area contributed by atoms with Gasteiger partial charge in [0.25, 0.3) is 0 Å². The molecule has 0 aromatic heterocycles. The normalized spacial score (nSPS) is 11.0. The summed E-state index contributed by atoms with van der Waals surface area (Å²) in [6, 6.07) is 8.72. The minimum Gasteiger partial charge on any atom is -0.456 e. The molecular formula is C12H16NO3PS. The lowest BCUT2D eigenvalue weighted by Crippen LogP contribution is -2.24. The Morgan fingerprint density at radius 1 is 1.28 bits per heavy atom. The third-order valence-electron chi connectivity index (χ3n) is 2.06. The van der Waals surface area contributed by atoms with Crippen LogP contribution in [0.5, 0.6) is 0 Å². The Morgan fingerprint density at radius 3 is 2.44 bits per heavy atom. The summed E-state index contributed by atoms with van der Waals surface area (Å²) in [6.07, 6.45) is -1.63. The van der Waals surface area contributed by atoms with Crippen LogP contribution in [-0.2, 0) is 21.3 Å². The number of carbonyl (C=O) groups excluding carboxylic acids is 2. The third-order valence-corrected chi connectivity index (χ3v) is 3.37. The van der Waals surface area contributed by atoms with E-state index in [1.54, 1.807) is 24.3 Å². The lowest BCUT2D eigenvalue weighted by atomic mass is 10.1. The first kappa shape index (κ1) is 15.0. The van der Waals surface area contributed by atoms with Crippen LogP contribution in [0.15, 0.2) is 30.3 Å². The van der Waals surface area contributed by atoms with Crippen LogP contribution >= 0.6 is 6.19 Å². The van der Waals surface area contributed by atoms with Crippen molar-refractivity contribution >= 4 is 29.7 Å². The van der Waals surface area contributed by atoms with Crippen molar-refractivity contribution in [3.8, 4) is 0 Å². The summed E-state index contributed by atoms with van der Waals surface area (Å²) in [4.78, 5) is 23.0. The topological polar surface area (TPSA) is 55.4 Å². The highest BCUT2D eigenvalue weighted by Crippen LogP contribution is 2.29. The van der Waals surface area contributed by atoms with E-state index in [1.165, 1.54) is 0 Å². The molecule has 0 aliphatic rings. The molecule has 0 atom stereocenters. The number of hydrogen-bond acceptors (Lipinski definition) is 4. The van der Waals surface area contributed by atoms with Gasteiger partial charge in [-0.25, -0.2) is 0 Å². The lowest BCUT2D eigenvalue weighted by Gasteiger charge is -2.11. The number of Topliss-reactive ketones (excluding diaryl/α,β-unsaturated/α-hetero) is 1. The summed E-state index contributed by atoms with van der Waals surface area (Å²) >= 11 is 5.14. The van der Waals surface area contributed by atoms with E-state index in [0.29, 0.717) is 5.56 Å². The van der Waals surface area contributed by atoms with Gasteiger partial charge in [-0.15, -0.1) is 0 Å². The average Bonchev–Trinajstić information content (AvgIpc) is 2.33. The highest BCUT2D eigenvalue weighted by molar-refractivity contribution is 8.13. The Kier molecular flexibility index (Phi) is 5.66. The molecule has 1 N–H and O–H groups in total. The Bertz CT molecular complexity index is 469. The standard InChI is InChI=1S/C12H16NO3PS/c1-17(2,18)13-8-12(15)16-9-11(14)10-6-4-3-5-7-10/h3-7H,8-9H2,1-2H3,(H,13,18). The lowest BCUT2D eigenvalue weighted by molar-refractivity contribution is -0.141. The van der Waals surface area contributed by atoms with Crippen molar-refractivity contribution < 1.29 is 14.3 Å². The molecule has 0 spiro atoms. The monoisotopic (exact) mass is 285 g/mol. The molecule has 0 saturated heterocycles. The van der Waals surface area contributed by atoms with Crippen molar-refractivity contribution in [3.63, 3.8) is 0 Å². The molecule has 1 aromatic rings. The molecule has 0 aliphatic heterocycles. The van der Waals surface area contributed by atoms with E-state index >= 15 is 0 Å². The maximum absolute atomic E-state index is 11.6. The second-order valence-corrected chi connectivity index (χ2v) is 9.89. The first-order valence-corrected chi connectivity index (χ1v) is 9.12. The Hall–Kier alpha value is -1.03. The molecule has 4 nitrogen and oxygen atoms in total. The number of rotatable bonds is 6. The van der Waals surface area contributed by atoms with E-state index in [-0.39, 0.29) is 18.9 Å². The van der Waals surface area contributed by atoms with Gasteiger partial charge in [0.15, 0.2) is 12.4 Å². The highest BCUT2D eigenvalue weighted by atomic mass is 32.4. The summed E-state index contributed by atoms with van der Waals surface area (Å²) in [6.45, 7) is 3.57. The second kappa shape index (κ2) is 6.78. The van der Waals surface area contributed by atoms with E-state index in [1.807, 2.05) is 19.4 Å². The summed E-state index contributed by atoms with van der Waals surface area (Å²) in [5.74, 6) is -0.673. The summed E-state index contributed by atoms with van der Waals surface area (Å²) in [7, 11) is 0. The van der Waals surface area contributed by atoms with Gasteiger partial charge in [-0.2, -0.15) is 0 Å². The predicted molar refractivity (Wildman–Crippen MR) is 75.9 cm³/mol. The molecule has 1 aromatic carbocycles. The van der Waals surface area contributed by atoms with E-state index in [4.69, 9.17) is 16.5 Å². The minimum absolute atomic E-state index is 0.0480.